The van der Waals surface area contributed by atoms with Gasteiger partial charge in [-0.1, -0.05) is 19.9 Å². The molecule has 2 heterocycles. The Balaban J connectivity index is 1.57. The summed E-state index contributed by atoms with van der Waals surface area (Å²) in [6.45, 7) is 4.97. The number of nitrogens with one attached hydrogen (secondary N) is 1. The summed E-state index contributed by atoms with van der Waals surface area (Å²) < 4.78 is 5.95. The van der Waals surface area contributed by atoms with Crippen molar-refractivity contribution in [2.75, 3.05) is 18.4 Å². The van der Waals surface area contributed by atoms with Crippen LogP contribution in [0.3, 0.4) is 0 Å². The second-order valence-corrected chi connectivity index (χ2v) is 7.02. The van der Waals surface area contributed by atoms with Crippen LogP contribution in [-0.2, 0) is 4.79 Å². The van der Waals surface area contributed by atoms with Crippen molar-refractivity contribution in [3.63, 3.8) is 0 Å². The molecule has 142 valence electrons. The Labute approximate surface area is 159 Å². The lowest BCUT2D eigenvalue weighted by molar-refractivity contribution is -0.118. The van der Waals surface area contributed by atoms with Crippen molar-refractivity contribution in [3.8, 4) is 5.75 Å². The first-order valence-electron chi connectivity index (χ1n) is 9.30. The van der Waals surface area contributed by atoms with Gasteiger partial charge in [0.05, 0.1) is 0 Å². The second kappa shape index (κ2) is 8.66. The van der Waals surface area contributed by atoms with Crippen LogP contribution < -0.4 is 10.1 Å². The lowest BCUT2D eigenvalue weighted by Gasteiger charge is -2.32. The van der Waals surface area contributed by atoms with E-state index >= 15 is 0 Å². The number of hydrogen-bond acceptors (Lipinski definition) is 4. The fourth-order valence-electron chi connectivity index (χ4n) is 2.99. The molecule has 1 aliphatic heterocycles. The maximum Gasteiger partial charge on any atom is 0.253 e. The largest absolute Gasteiger partial charge is 0.490 e. The van der Waals surface area contributed by atoms with Crippen molar-refractivity contribution in [3.05, 3.63) is 54.4 Å². The molecular weight excluding hydrogens is 342 g/mol. The molecule has 6 heteroatoms. The van der Waals surface area contributed by atoms with E-state index in [9.17, 15) is 9.59 Å². The van der Waals surface area contributed by atoms with E-state index in [2.05, 4.69) is 10.3 Å². The first kappa shape index (κ1) is 18.9. The minimum absolute atomic E-state index is 0.0157. The van der Waals surface area contributed by atoms with E-state index in [-0.39, 0.29) is 23.8 Å². The number of aromatic nitrogens is 1. The zero-order valence-corrected chi connectivity index (χ0v) is 15.7. The molecule has 0 spiro atoms. The molecule has 6 nitrogen and oxygen atoms in total. The Morgan fingerprint density at radius 3 is 2.52 bits per heavy atom. The van der Waals surface area contributed by atoms with Gasteiger partial charge in [-0.3, -0.25) is 14.6 Å². The van der Waals surface area contributed by atoms with Crippen LogP contribution in [0.4, 0.5) is 5.69 Å². The van der Waals surface area contributed by atoms with Crippen LogP contribution in [-0.4, -0.2) is 40.9 Å². The van der Waals surface area contributed by atoms with Crippen LogP contribution >= 0.6 is 0 Å². The highest BCUT2D eigenvalue weighted by atomic mass is 16.5. The average Bonchev–Trinajstić information content (AvgIpc) is 2.69. The monoisotopic (exact) mass is 367 g/mol. The van der Waals surface area contributed by atoms with E-state index in [0.717, 1.165) is 18.6 Å². The fourth-order valence-corrected chi connectivity index (χ4v) is 2.99. The number of ether oxygens (including phenoxy) is 1. The highest BCUT2D eigenvalue weighted by Gasteiger charge is 2.25. The van der Waals surface area contributed by atoms with Gasteiger partial charge in [-0.05, 0) is 30.3 Å². The summed E-state index contributed by atoms with van der Waals surface area (Å²) in [7, 11) is 0. The molecule has 0 atom stereocenters. The van der Waals surface area contributed by atoms with E-state index in [1.165, 1.54) is 0 Å². The van der Waals surface area contributed by atoms with E-state index < -0.39 is 0 Å². The predicted molar refractivity (Wildman–Crippen MR) is 104 cm³/mol. The van der Waals surface area contributed by atoms with Crippen molar-refractivity contribution in [2.45, 2.75) is 32.8 Å². The molecule has 1 fully saturated rings. The zero-order valence-electron chi connectivity index (χ0n) is 15.7. The number of anilines is 1. The number of piperidine rings is 1. The Morgan fingerprint density at radius 2 is 1.85 bits per heavy atom. The van der Waals surface area contributed by atoms with Gasteiger partial charge < -0.3 is 15.0 Å². The van der Waals surface area contributed by atoms with Crippen molar-refractivity contribution in [2.24, 2.45) is 5.92 Å². The summed E-state index contributed by atoms with van der Waals surface area (Å²) in [4.78, 5) is 30.5. The Bertz CT molecular complexity index is 784. The number of amides is 2. The third kappa shape index (κ3) is 5.06. The van der Waals surface area contributed by atoms with Gasteiger partial charge in [0.15, 0.2) is 0 Å². The summed E-state index contributed by atoms with van der Waals surface area (Å²) in [6, 6.07) is 10.8. The highest BCUT2D eigenvalue weighted by Crippen LogP contribution is 2.20. The van der Waals surface area contributed by atoms with Crippen molar-refractivity contribution < 1.29 is 14.3 Å². The average molecular weight is 367 g/mol. The highest BCUT2D eigenvalue weighted by molar-refractivity contribution is 5.97. The molecule has 0 bridgehead atoms. The minimum Gasteiger partial charge on any atom is -0.490 e. The van der Waals surface area contributed by atoms with E-state index in [1.54, 1.807) is 36.7 Å². The normalized spacial score (nSPS) is 14.9. The van der Waals surface area contributed by atoms with Gasteiger partial charge in [0.25, 0.3) is 5.91 Å². The topological polar surface area (TPSA) is 71.5 Å². The molecule has 27 heavy (non-hydrogen) atoms. The first-order chi connectivity index (χ1) is 13.0. The smallest absolute Gasteiger partial charge is 0.253 e. The fraction of sp³-hybridized carbons (Fsp3) is 0.381. The molecule has 0 saturated carbocycles. The van der Waals surface area contributed by atoms with Gasteiger partial charge in [-0.2, -0.15) is 0 Å². The Morgan fingerprint density at radius 1 is 1.15 bits per heavy atom. The molecule has 1 saturated heterocycles. The van der Waals surface area contributed by atoms with E-state index in [0.29, 0.717) is 24.3 Å². The quantitative estimate of drug-likeness (QED) is 0.880. The third-order valence-corrected chi connectivity index (χ3v) is 4.58. The standard InChI is InChI=1S/C21H25N3O3/c1-15(2)20(25)23-17-5-3-4-16(14-17)21(26)24-12-8-19(9-13-24)27-18-6-10-22-11-7-18/h3-7,10-11,14-15,19H,8-9,12-13H2,1-2H3,(H,23,25). The van der Waals surface area contributed by atoms with E-state index in [1.807, 2.05) is 30.9 Å². The molecule has 3 rings (SSSR count). The van der Waals surface area contributed by atoms with Crippen LogP contribution in [0.1, 0.15) is 37.0 Å². The van der Waals surface area contributed by atoms with Crippen LogP contribution in [0.15, 0.2) is 48.8 Å². The van der Waals surface area contributed by atoms with E-state index in [4.69, 9.17) is 4.74 Å². The van der Waals surface area contributed by atoms with Crippen LogP contribution in [0.2, 0.25) is 0 Å². The Hall–Kier alpha value is -2.89. The molecule has 1 N–H and O–H groups in total. The predicted octanol–water partition coefficient (Wildman–Crippen LogP) is 3.36. The zero-order chi connectivity index (χ0) is 19.2. The summed E-state index contributed by atoms with van der Waals surface area (Å²) in [5, 5.41) is 2.84. The molecular formula is C21H25N3O3. The molecule has 0 unspecified atom stereocenters. The number of likely N-dealkylation sites (tertiary alicyclic amines) is 1. The molecule has 2 aromatic rings. The van der Waals surface area contributed by atoms with Crippen molar-refractivity contribution in [1.82, 2.24) is 9.88 Å². The minimum atomic E-state index is -0.108. The summed E-state index contributed by atoms with van der Waals surface area (Å²) in [5.74, 6) is 0.624. The molecule has 1 aromatic heterocycles. The van der Waals surface area contributed by atoms with Crippen LogP contribution in [0.5, 0.6) is 5.75 Å². The summed E-state index contributed by atoms with van der Waals surface area (Å²) in [5.41, 5.74) is 1.24. The van der Waals surface area contributed by atoms with Gasteiger partial charge in [0, 0.05) is 55.5 Å². The van der Waals surface area contributed by atoms with Gasteiger partial charge in [0.1, 0.15) is 11.9 Å². The molecule has 1 aliphatic rings. The molecule has 2 amide bonds. The molecule has 0 radical (unpaired) electrons. The number of nitrogens with zero attached hydrogens (tertiary/aromatic N) is 2. The third-order valence-electron chi connectivity index (χ3n) is 4.58. The summed E-state index contributed by atoms with van der Waals surface area (Å²) >= 11 is 0. The molecule has 0 aliphatic carbocycles. The number of carbonyl (C=O) groups is 2. The molecule has 1 aromatic carbocycles. The number of benzene rings is 1. The lowest BCUT2D eigenvalue weighted by atomic mass is 10.1. The van der Waals surface area contributed by atoms with Crippen molar-refractivity contribution >= 4 is 17.5 Å². The first-order valence-corrected chi connectivity index (χ1v) is 9.30. The second-order valence-electron chi connectivity index (χ2n) is 7.02. The number of hydrogen-bond donors (Lipinski definition) is 1. The number of carbonyl (C=O) groups excluding carboxylic acids is 2. The SMILES string of the molecule is CC(C)C(=O)Nc1cccc(C(=O)N2CCC(Oc3ccncc3)CC2)c1. The van der Waals surface area contributed by atoms with Crippen LogP contribution in [0.25, 0.3) is 0 Å². The number of pyridine rings is 1. The maximum absolute atomic E-state index is 12.8. The Kier molecular flexibility index (Phi) is 6.06. The van der Waals surface area contributed by atoms with Gasteiger partial charge in [-0.15, -0.1) is 0 Å². The summed E-state index contributed by atoms with van der Waals surface area (Å²) in [6.07, 6.45) is 5.10. The number of rotatable bonds is 5. The lowest BCUT2D eigenvalue weighted by Crippen LogP contribution is -2.41. The van der Waals surface area contributed by atoms with Gasteiger partial charge in [0.2, 0.25) is 5.91 Å². The maximum atomic E-state index is 12.8. The van der Waals surface area contributed by atoms with Gasteiger partial charge in [-0.25, -0.2) is 0 Å². The van der Waals surface area contributed by atoms with Crippen molar-refractivity contribution in [1.29, 1.82) is 0 Å². The van der Waals surface area contributed by atoms with Gasteiger partial charge >= 0.3 is 0 Å². The van der Waals surface area contributed by atoms with Crippen LogP contribution in [0, 0.1) is 5.92 Å².